The van der Waals surface area contributed by atoms with Crippen LogP contribution in [0.25, 0.3) is 11.0 Å². The van der Waals surface area contributed by atoms with Gasteiger partial charge < -0.3 is 14.8 Å². The van der Waals surface area contributed by atoms with Crippen LogP contribution in [0.4, 0.5) is 11.6 Å². The normalized spacial score (nSPS) is 11.1. The molecule has 2 N–H and O–H groups in total. The highest BCUT2D eigenvalue weighted by Gasteiger charge is 2.16. The highest BCUT2D eigenvalue weighted by atomic mass is 16.2. The molecule has 3 aromatic carbocycles. The minimum absolute atomic E-state index is 0.218. The van der Waals surface area contributed by atoms with E-state index in [9.17, 15) is 9.59 Å². The van der Waals surface area contributed by atoms with Gasteiger partial charge in [-0.1, -0.05) is 50.2 Å². The van der Waals surface area contributed by atoms with Gasteiger partial charge in [-0.05, 0) is 62.0 Å². The van der Waals surface area contributed by atoms with Crippen molar-refractivity contribution in [1.29, 1.82) is 0 Å². The highest BCUT2D eigenvalue weighted by Crippen LogP contribution is 2.22. The van der Waals surface area contributed by atoms with Crippen molar-refractivity contribution in [3.05, 3.63) is 89.5 Å². The second-order valence-electron chi connectivity index (χ2n) is 8.41. The lowest BCUT2D eigenvalue weighted by atomic mass is 10.1. The second kappa shape index (κ2) is 11.0. The zero-order valence-corrected chi connectivity index (χ0v) is 20.4. The molecule has 0 atom stereocenters. The third-order valence-corrected chi connectivity index (χ3v) is 6.20. The number of likely N-dealkylation sites (N-methyl/N-ethyl adjacent to an activating group) is 1. The van der Waals surface area contributed by atoms with Crippen LogP contribution in [0.15, 0.2) is 72.8 Å². The lowest BCUT2D eigenvalue weighted by Gasteiger charge is -2.19. The fraction of sp³-hybridized carbons (Fsp3) is 0.250. The minimum Gasteiger partial charge on any atom is -0.322 e. The van der Waals surface area contributed by atoms with E-state index >= 15 is 0 Å². The maximum absolute atomic E-state index is 13.2. The fourth-order valence-electron chi connectivity index (χ4n) is 4.03. The van der Waals surface area contributed by atoms with Crippen molar-refractivity contribution in [3.63, 3.8) is 0 Å². The SMILES string of the molecule is CCN(CC)CCn1c(NC(=O)c2ccc(C)c(NC(=O)c3ccccc3)c2)nc2ccccc21. The maximum Gasteiger partial charge on any atom is 0.258 e. The van der Waals surface area contributed by atoms with Gasteiger partial charge >= 0.3 is 0 Å². The Balaban J connectivity index is 1.57. The van der Waals surface area contributed by atoms with E-state index in [4.69, 9.17) is 0 Å². The molecule has 4 rings (SSSR count). The molecule has 0 saturated carbocycles. The summed E-state index contributed by atoms with van der Waals surface area (Å²) in [5.41, 5.74) is 4.29. The van der Waals surface area contributed by atoms with Gasteiger partial charge in [-0.3, -0.25) is 14.9 Å². The maximum atomic E-state index is 13.2. The smallest absolute Gasteiger partial charge is 0.258 e. The number of nitrogens with one attached hydrogen (secondary N) is 2. The molecule has 1 aromatic heterocycles. The molecule has 0 bridgehead atoms. The number of carbonyl (C=O) groups excluding carboxylic acids is 2. The van der Waals surface area contributed by atoms with E-state index in [-0.39, 0.29) is 11.8 Å². The van der Waals surface area contributed by atoms with Crippen LogP contribution in [-0.4, -0.2) is 45.9 Å². The number of para-hydroxylation sites is 2. The van der Waals surface area contributed by atoms with E-state index in [0.717, 1.165) is 36.2 Å². The number of carbonyl (C=O) groups is 2. The lowest BCUT2D eigenvalue weighted by Crippen LogP contribution is -2.27. The van der Waals surface area contributed by atoms with Crippen LogP contribution in [0, 0.1) is 6.92 Å². The van der Waals surface area contributed by atoms with E-state index in [1.807, 2.05) is 55.5 Å². The van der Waals surface area contributed by atoms with E-state index in [0.29, 0.717) is 29.3 Å². The van der Waals surface area contributed by atoms with Crippen molar-refractivity contribution < 1.29 is 9.59 Å². The van der Waals surface area contributed by atoms with Crippen molar-refractivity contribution in [2.24, 2.45) is 0 Å². The number of hydrogen-bond acceptors (Lipinski definition) is 4. The summed E-state index contributed by atoms with van der Waals surface area (Å²) in [7, 11) is 0. The predicted molar refractivity (Wildman–Crippen MR) is 141 cm³/mol. The average Bonchev–Trinajstić information content (AvgIpc) is 3.23. The summed E-state index contributed by atoms with van der Waals surface area (Å²) >= 11 is 0. The van der Waals surface area contributed by atoms with E-state index in [1.54, 1.807) is 24.3 Å². The van der Waals surface area contributed by atoms with Gasteiger partial charge in [0.1, 0.15) is 0 Å². The Labute approximate surface area is 205 Å². The van der Waals surface area contributed by atoms with E-state index < -0.39 is 0 Å². The number of imidazole rings is 1. The molecule has 7 nitrogen and oxygen atoms in total. The van der Waals surface area contributed by atoms with E-state index in [1.165, 1.54) is 0 Å². The van der Waals surface area contributed by atoms with Crippen LogP contribution in [-0.2, 0) is 6.54 Å². The molecule has 4 aromatic rings. The number of hydrogen-bond donors (Lipinski definition) is 2. The van der Waals surface area contributed by atoms with Crippen LogP contribution >= 0.6 is 0 Å². The molecule has 0 fully saturated rings. The van der Waals surface area contributed by atoms with Crippen LogP contribution in [0.3, 0.4) is 0 Å². The highest BCUT2D eigenvalue weighted by molar-refractivity contribution is 6.07. The molecule has 7 heteroatoms. The molecule has 180 valence electrons. The molecule has 0 unspecified atom stereocenters. The summed E-state index contributed by atoms with van der Waals surface area (Å²) in [6, 6.07) is 22.2. The van der Waals surface area contributed by atoms with Crippen molar-refractivity contribution in [2.45, 2.75) is 27.3 Å². The van der Waals surface area contributed by atoms with Crippen molar-refractivity contribution in [2.75, 3.05) is 30.3 Å². The van der Waals surface area contributed by atoms with Crippen LogP contribution < -0.4 is 10.6 Å². The second-order valence-corrected chi connectivity index (χ2v) is 8.41. The minimum atomic E-state index is -0.278. The zero-order chi connectivity index (χ0) is 24.8. The molecule has 0 spiro atoms. The Morgan fingerprint density at radius 3 is 2.29 bits per heavy atom. The number of aryl methyl sites for hydroxylation is 1. The Hall–Kier alpha value is -3.97. The molecule has 35 heavy (non-hydrogen) atoms. The lowest BCUT2D eigenvalue weighted by molar-refractivity contribution is 0.101. The summed E-state index contributed by atoms with van der Waals surface area (Å²) in [4.78, 5) is 32.9. The number of benzene rings is 3. The molecule has 0 saturated heterocycles. The molecule has 0 aliphatic carbocycles. The number of fused-ring (bicyclic) bond motifs is 1. The molecule has 0 aliphatic rings. The third kappa shape index (κ3) is 5.58. The van der Waals surface area contributed by atoms with Gasteiger partial charge in [0.25, 0.3) is 11.8 Å². The number of anilines is 2. The van der Waals surface area contributed by atoms with Gasteiger partial charge in [0, 0.05) is 29.9 Å². The number of nitrogens with zero attached hydrogens (tertiary/aromatic N) is 3. The summed E-state index contributed by atoms with van der Waals surface area (Å²) in [6.07, 6.45) is 0. The summed E-state index contributed by atoms with van der Waals surface area (Å²) < 4.78 is 2.05. The molecule has 2 amide bonds. The van der Waals surface area contributed by atoms with Gasteiger partial charge in [0.2, 0.25) is 5.95 Å². The first kappa shape index (κ1) is 24.2. The Morgan fingerprint density at radius 2 is 1.54 bits per heavy atom. The first-order chi connectivity index (χ1) is 17.0. The monoisotopic (exact) mass is 469 g/mol. The van der Waals surface area contributed by atoms with E-state index in [2.05, 4.69) is 38.9 Å². The first-order valence-corrected chi connectivity index (χ1v) is 12.0. The van der Waals surface area contributed by atoms with Gasteiger partial charge in [-0.25, -0.2) is 4.98 Å². The van der Waals surface area contributed by atoms with Gasteiger partial charge in [0.05, 0.1) is 11.0 Å². The predicted octanol–water partition coefficient (Wildman–Crippen LogP) is 5.19. The Kier molecular flexibility index (Phi) is 7.57. The topological polar surface area (TPSA) is 79.3 Å². The molecular weight excluding hydrogens is 438 g/mol. The quantitative estimate of drug-likeness (QED) is 0.354. The average molecular weight is 470 g/mol. The fourth-order valence-corrected chi connectivity index (χ4v) is 4.03. The third-order valence-electron chi connectivity index (χ3n) is 6.20. The number of rotatable bonds is 9. The zero-order valence-electron chi connectivity index (χ0n) is 20.4. The Morgan fingerprint density at radius 1 is 0.857 bits per heavy atom. The first-order valence-electron chi connectivity index (χ1n) is 12.0. The van der Waals surface area contributed by atoms with Gasteiger partial charge in [0.15, 0.2) is 0 Å². The summed E-state index contributed by atoms with van der Waals surface area (Å²) in [5.74, 6) is 0.0165. The van der Waals surface area contributed by atoms with Crippen molar-refractivity contribution in [1.82, 2.24) is 14.5 Å². The van der Waals surface area contributed by atoms with Crippen molar-refractivity contribution >= 4 is 34.5 Å². The van der Waals surface area contributed by atoms with Crippen molar-refractivity contribution in [3.8, 4) is 0 Å². The number of aromatic nitrogens is 2. The molecular formula is C28H31N5O2. The van der Waals surface area contributed by atoms with Crippen LogP contribution in [0.5, 0.6) is 0 Å². The largest absolute Gasteiger partial charge is 0.322 e. The molecule has 0 aliphatic heterocycles. The standard InChI is InChI=1S/C28H31N5O2/c1-4-32(5-2)17-18-33-25-14-10-9-13-23(25)30-28(33)31-27(35)22-16-15-20(3)24(19-22)29-26(34)21-11-7-6-8-12-21/h6-16,19H,4-5,17-18H2,1-3H3,(H,29,34)(H,30,31,35). The number of amides is 2. The van der Waals surface area contributed by atoms with Gasteiger partial charge in [-0.15, -0.1) is 0 Å². The van der Waals surface area contributed by atoms with Crippen LogP contribution in [0.1, 0.15) is 40.1 Å². The van der Waals surface area contributed by atoms with Crippen LogP contribution in [0.2, 0.25) is 0 Å². The summed E-state index contributed by atoms with van der Waals surface area (Å²) in [5, 5.41) is 5.91. The molecule has 1 heterocycles. The summed E-state index contributed by atoms with van der Waals surface area (Å²) in [6.45, 7) is 9.68. The Bertz CT molecular complexity index is 1330. The molecule has 0 radical (unpaired) electrons. The van der Waals surface area contributed by atoms with Gasteiger partial charge in [-0.2, -0.15) is 0 Å².